The van der Waals surface area contributed by atoms with Crippen LogP contribution in [0.5, 0.6) is 5.75 Å². The fourth-order valence-corrected chi connectivity index (χ4v) is 8.14. The monoisotopic (exact) mass is 701 g/mol. The van der Waals surface area contributed by atoms with Crippen molar-refractivity contribution < 1.29 is 19.0 Å². The summed E-state index contributed by atoms with van der Waals surface area (Å²) < 4.78 is 17.6. The van der Waals surface area contributed by atoms with Crippen LogP contribution in [0, 0.1) is 12.8 Å². The van der Waals surface area contributed by atoms with Crippen molar-refractivity contribution in [2.75, 3.05) is 51.3 Å². The van der Waals surface area contributed by atoms with Gasteiger partial charge in [0.1, 0.15) is 11.9 Å². The van der Waals surface area contributed by atoms with Gasteiger partial charge >= 0.3 is 0 Å². The van der Waals surface area contributed by atoms with Crippen LogP contribution >= 0.6 is 34.8 Å². The van der Waals surface area contributed by atoms with Gasteiger partial charge in [-0.15, -0.1) is 0 Å². The Labute approximate surface area is 291 Å². The SMILES string of the molecule is COCCCC12NC=C(Cl)C(CN(C(=O)[C@H]3CNCC[C@@H]3c3ccc(N4CC[C@H](Oc5c(Cl)cc(C)cc5Cl)C4)nc3)C3CC3)=C1O2. The van der Waals surface area contributed by atoms with E-state index < -0.39 is 5.72 Å². The molecule has 0 radical (unpaired) electrons. The molecule has 2 N–H and O–H groups in total. The van der Waals surface area contributed by atoms with Gasteiger partial charge in [-0.25, -0.2) is 4.98 Å². The molecule has 1 saturated carbocycles. The number of carbonyl (C=O) groups is 1. The second-order valence-corrected chi connectivity index (χ2v) is 14.6. The number of hydrogen-bond donors (Lipinski definition) is 2. The van der Waals surface area contributed by atoms with Crippen molar-refractivity contribution in [3.8, 4) is 5.75 Å². The zero-order valence-corrected chi connectivity index (χ0v) is 29.1. The van der Waals surface area contributed by atoms with E-state index in [1.54, 1.807) is 7.11 Å². The molecule has 1 aromatic heterocycles. The smallest absolute Gasteiger partial charge is 0.238 e. The Hall–Kier alpha value is -2.69. The minimum atomic E-state index is -0.519. The molecule has 9 nitrogen and oxygen atoms in total. The lowest BCUT2D eigenvalue weighted by Crippen LogP contribution is -2.48. The third-order valence-corrected chi connectivity index (χ3v) is 10.9. The van der Waals surface area contributed by atoms with Gasteiger partial charge in [-0.05, 0) is 74.4 Å². The van der Waals surface area contributed by atoms with E-state index in [0.29, 0.717) is 47.1 Å². The third-order valence-electron chi connectivity index (χ3n) is 9.97. The number of epoxide rings is 1. The number of methoxy groups -OCH3 is 1. The lowest BCUT2D eigenvalue weighted by atomic mass is 9.80. The summed E-state index contributed by atoms with van der Waals surface area (Å²) >= 11 is 19.6. The van der Waals surface area contributed by atoms with E-state index in [4.69, 9.17) is 54.0 Å². The first-order chi connectivity index (χ1) is 22.8. The average Bonchev–Trinajstić information content (AvgIpc) is 3.99. The molecule has 5 heterocycles. The van der Waals surface area contributed by atoms with Crippen LogP contribution in [0.15, 0.2) is 53.0 Å². The molecular formula is C35H42Cl3N5O4. The fourth-order valence-electron chi connectivity index (χ4n) is 7.25. The second kappa shape index (κ2) is 13.7. The highest BCUT2D eigenvalue weighted by atomic mass is 35.5. The highest BCUT2D eigenvalue weighted by Gasteiger charge is 2.56. The molecule has 3 saturated heterocycles. The summed E-state index contributed by atoms with van der Waals surface area (Å²) in [5, 5.41) is 8.47. The van der Waals surface area contributed by atoms with Crippen LogP contribution in [0.4, 0.5) is 5.82 Å². The van der Waals surface area contributed by atoms with Gasteiger partial charge in [0.25, 0.3) is 0 Å². The number of halogens is 3. The Balaban J connectivity index is 1.02. The van der Waals surface area contributed by atoms with Gasteiger partial charge in [0.15, 0.2) is 11.5 Å². The van der Waals surface area contributed by atoms with Crippen LogP contribution in [-0.4, -0.2) is 80.1 Å². The van der Waals surface area contributed by atoms with E-state index in [-0.39, 0.29) is 29.9 Å². The molecule has 5 aliphatic rings. The predicted molar refractivity (Wildman–Crippen MR) is 184 cm³/mol. The number of carbonyl (C=O) groups excluding carboxylic acids is 1. The molecule has 0 spiro atoms. The maximum atomic E-state index is 14.4. The number of aryl methyl sites for hydroxylation is 1. The van der Waals surface area contributed by atoms with E-state index in [9.17, 15) is 4.79 Å². The first kappa shape index (κ1) is 32.8. The van der Waals surface area contributed by atoms with E-state index in [0.717, 1.165) is 79.9 Å². The van der Waals surface area contributed by atoms with Crippen molar-refractivity contribution in [1.29, 1.82) is 0 Å². The van der Waals surface area contributed by atoms with Crippen molar-refractivity contribution in [1.82, 2.24) is 20.5 Å². The molecule has 4 aliphatic heterocycles. The summed E-state index contributed by atoms with van der Waals surface area (Å²) in [6, 6.07) is 8.19. The molecule has 12 heteroatoms. The number of amides is 1. The first-order valence-corrected chi connectivity index (χ1v) is 17.8. The van der Waals surface area contributed by atoms with Crippen LogP contribution in [0.25, 0.3) is 0 Å². The summed E-state index contributed by atoms with van der Waals surface area (Å²) in [7, 11) is 1.70. The normalized spacial score (nSPS) is 26.7. The minimum Gasteiger partial charge on any atom is -0.485 e. The molecule has 47 heavy (non-hydrogen) atoms. The number of piperidine rings is 1. The first-order valence-electron chi connectivity index (χ1n) is 16.7. The third kappa shape index (κ3) is 6.92. The Bertz CT molecular complexity index is 1540. The Morgan fingerprint density at radius 2 is 1.98 bits per heavy atom. The number of pyridine rings is 1. The van der Waals surface area contributed by atoms with E-state index in [1.165, 1.54) is 0 Å². The zero-order chi connectivity index (χ0) is 32.7. The van der Waals surface area contributed by atoms with E-state index in [2.05, 4.69) is 32.6 Å². The highest BCUT2D eigenvalue weighted by molar-refractivity contribution is 6.37. The van der Waals surface area contributed by atoms with Gasteiger partial charge in [0.05, 0.1) is 34.1 Å². The number of dihydropyridines is 1. The molecule has 1 amide bonds. The average molecular weight is 703 g/mol. The molecule has 2 aromatic rings. The Morgan fingerprint density at radius 3 is 2.70 bits per heavy atom. The van der Waals surface area contributed by atoms with E-state index in [1.807, 2.05) is 31.5 Å². The number of ether oxygens (including phenoxy) is 3. The van der Waals surface area contributed by atoms with Crippen LogP contribution < -0.4 is 20.3 Å². The van der Waals surface area contributed by atoms with E-state index >= 15 is 0 Å². The number of nitrogens with zero attached hydrogens (tertiary/aromatic N) is 3. The summed E-state index contributed by atoms with van der Waals surface area (Å²) in [6.07, 6.45) is 9.13. The molecule has 0 bridgehead atoms. The van der Waals surface area contributed by atoms with Crippen molar-refractivity contribution in [2.45, 2.75) is 69.2 Å². The molecule has 4 fully saturated rings. The predicted octanol–water partition coefficient (Wildman–Crippen LogP) is 6.13. The summed E-state index contributed by atoms with van der Waals surface area (Å²) in [5.41, 5.74) is 2.49. The lowest BCUT2D eigenvalue weighted by molar-refractivity contribution is -0.136. The molecule has 252 valence electrons. The number of fused-ring (bicyclic) bond motifs is 1. The van der Waals surface area contributed by atoms with Gasteiger partial charge < -0.3 is 34.6 Å². The molecule has 1 aliphatic carbocycles. The maximum Gasteiger partial charge on any atom is 0.238 e. The zero-order valence-electron chi connectivity index (χ0n) is 26.9. The van der Waals surface area contributed by atoms with Crippen LogP contribution in [0.1, 0.15) is 55.6 Å². The second-order valence-electron chi connectivity index (χ2n) is 13.4. The van der Waals surface area contributed by atoms with Gasteiger partial charge in [-0.3, -0.25) is 4.79 Å². The number of benzene rings is 1. The van der Waals surface area contributed by atoms with Crippen LogP contribution in [0.3, 0.4) is 0 Å². The summed E-state index contributed by atoms with van der Waals surface area (Å²) in [6.45, 7) is 6.10. The highest BCUT2D eigenvalue weighted by Crippen LogP contribution is 2.50. The van der Waals surface area contributed by atoms with Crippen LogP contribution in [0.2, 0.25) is 10.0 Å². The van der Waals surface area contributed by atoms with Crippen molar-refractivity contribution in [3.05, 3.63) is 74.2 Å². The maximum absolute atomic E-state index is 14.4. The number of rotatable bonds is 12. The minimum absolute atomic E-state index is 0.0371. The number of aromatic nitrogens is 1. The number of nitrogens with one attached hydrogen (secondary N) is 2. The van der Waals surface area contributed by atoms with Crippen molar-refractivity contribution in [2.24, 2.45) is 5.92 Å². The standard InChI is InChI=1S/C35H42Cl3N5O4/c1-21-14-28(36)32(29(37)15-21)46-24-9-12-42(19-24)31-7-4-22(16-40-31)25-8-11-39-17-26(25)34(44)43(23-5-6-23)20-27-30(38)18-41-35(33(27)47-35)10-3-13-45-2/h4,7,14-16,18,23-26,39,41H,3,5-6,8-13,17,19-20H2,1-2H3/t24-,25+,26-,35?/m0/s1. The molecule has 1 aromatic carbocycles. The lowest BCUT2D eigenvalue weighted by Gasteiger charge is -2.36. The summed E-state index contributed by atoms with van der Waals surface area (Å²) in [5.74, 6) is 2.36. The fraction of sp³-hybridized carbons (Fsp3) is 0.543. The van der Waals surface area contributed by atoms with Crippen molar-refractivity contribution >= 4 is 46.5 Å². The van der Waals surface area contributed by atoms with Gasteiger partial charge in [-0.1, -0.05) is 40.9 Å². The quantitative estimate of drug-likeness (QED) is 0.202. The number of hydrogen-bond acceptors (Lipinski definition) is 8. The largest absolute Gasteiger partial charge is 0.485 e. The Kier molecular flexibility index (Phi) is 9.55. The van der Waals surface area contributed by atoms with Crippen LogP contribution in [-0.2, 0) is 14.3 Å². The molecule has 7 rings (SSSR count). The van der Waals surface area contributed by atoms with Gasteiger partial charge in [0, 0.05) is 63.7 Å². The van der Waals surface area contributed by atoms with Crippen molar-refractivity contribution in [3.63, 3.8) is 0 Å². The Morgan fingerprint density at radius 1 is 1.17 bits per heavy atom. The molecular weight excluding hydrogens is 661 g/mol. The topological polar surface area (TPSA) is 91.5 Å². The molecule has 1 unspecified atom stereocenters. The summed E-state index contributed by atoms with van der Waals surface area (Å²) in [4.78, 5) is 23.5. The molecule has 4 atom stereocenters. The number of anilines is 1. The van der Waals surface area contributed by atoms with Gasteiger partial charge in [0.2, 0.25) is 11.6 Å². The van der Waals surface area contributed by atoms with Gasteiger partial charge in [-0.2, -0.15) is 0 Å².